The van der Waals surface area contributed by atoms with Crippen LogP contribution in [0.4, 0.5) is 5.69 Å². The van der Waals surface area contributed by atoms with Gasteiger partial charge in [0.2, 0.25) is 0 Å². The van der Waals surface area contributed by atoms with Crippen LogP contribution < -0.4 is 15.2 Å². The Hall–Kier alpha value is -1.46. The van der Waals surface area contributed by atoms with Gasteiger partial charge in [-0.25, -0.2) is 0 Å². The number of hydrogen-bond donors (Lipinski definition) is 2. The highest BCUT2D eigenvalue weighted by atomic mass is 16.6. The van der Waals surface area contributed by atoms with Gasteiger partial charge in [0.05, 0.1) is 5.60 Å². The predicted octanol–water partition coefficient (Wildman–Crippen LogP) is 1.63. The molecule has 0 saturated heterocycles. The number of rotatable bonds is 5. The molecule has 1 aromatic rings. The van der Waals surface area contributed by atoms with Gasteiger partial charge in [0.15, 0.2) is 11.5 Å². The van der Waals surface area contributed by atoms with Crippen molar-refractivity contribution in [1.29, 1.82) is 0 Å². The number of benzene rings is 1. The van der Waals surface area contributed by atoms with Gasteiger partial charge in [0.1, 0.15) is 13.2 Å². The monoisotopic (exact) mass is 280 g/mol. The summed E-state index contributed by atoms with van der Waals surface area (Å²) in [6.45, 7) is 8.94. The number of fused-ring (bicyclic) bond motifs is 1. The minimum Gasteiger partial charge on any atom is -0.486 e. The highest BCUT2D eigenvalue weighted by molar-refractivity contribution is 5.58. The molecule has 0 fully saturated rings. The lowest BCUT2D eigenvalue weighted by Gasteiger charge is -2.29. The largest absolute Gasteiger partial charge is 0.486 e. The Bertz CT molecular complexity index is 469. The maximum absolute atomic E-state index is 9.94. The third kappa shape index (κ3) is 3.77. The average molecular weight is 280 g/mol. The Morgan fingerprint density at radius 2 is 1.85 bits per heavy atom. The van der Waals surface area contributed by atoms with Crippen LogP contribution in [0.15, 0.2) is 12.1 Å². The Labute approximate surface area is 120 Å². The first kappa shape index (κ1) is 14.9. The van der Waals surface area contributed by atoms with Gasteiger partial charge in [0, 0.05) is 24.8 Å². The molecule has 20 heavy (non-hydrogen) atoms. The molecule has 1 aliphatic rings. The van der Waals surface area contributed by atoms with Crippen molar-refractivity contribution in [2.45, 2.75) is 32.9 Å². The smallest absolute Gasteiger partial charge is 0.163 e. The van der Waals surface area contributed by atoms with Gasteiger partial charge in [0.25, 0.3) is 0 Å². The van der Waals surface area contributed by atoms with E-state index in [2.05, 4.69) is 11.8 Å². The molecule has 0 unspecified atom stereocenters. The Balaban J connectivity index is 2.15. The lowest BCUT2D eigenvalue weighted by molar-refractivity contribution is 0.0353. The summed E-state index contributed by atoms with van der Waals surface area (Å²) in [5.41, 5.74) is 7.06. The summed E-state index contributed by atoms with van der Waals surface area (Å²) in [5, 5.41) is 9.94. The Morgan fingerprint density at radius 1 is 1.25 bits per heavy atom. The van der Waals surface area contributed by atoms with Crippen molar-refractivity contribution in [2.75, 3.05) is 32.0 Å². The summed E-state index contributed by atoms with van der Waals surface area (Å²) in [4.78, 5) is 2.15. The van der Waals surface area contributed by atoms with Crippen LogP contribution in [0.2, 0.25) is 0 Å². The maximum atomic E-state index is 9.94. The molecule has 5 nitrogen and oxygen atoms in total. The van der Waals surface area contributed by atoms with Crippen LogP contribution in [0, 0.1) is 0 Å². The molecule has 5 heteroatoms. The van der Waals surface area contributed by atoms with Crippen LogP contribution in [0.5, 0.6) is 11.5 Å². The number of ether oxygens (including phenoxy) is 2. The highest BCUT2D eigenvalue weighted by Gasteiger charge is 2.20. The summed E-state index contributed by atoms with van der Waals surface area (Å²) in [5.74, 6) is 1.46. The molecule has 0 saturated carbocycles. The molecule has 1 aromatic carbocycles. The number of hydrogen-bond acceptors (Lipinski definition) is 5. The number of nitrogens with two attached hydrogens (primary N) is 1. The quantitative estimate of drug-likeness (QED) is 0.802. The van der Waals surface area contributed by atoms with E-state index in [1.807, 2.05) is 26.0 Å². The van der Waals surface area contributed by atoms with Crippen LogP contribution in [0.3, 0.4) is 0 Å². The third-order valence-corrected chi connectivity index (χ3v) is 3.26. The van der Waals surface area contributed by atoms with E-state index in [1.54, 1.807) is 0 Å². The fourth-order valence-corrected chi connectivity index (χ4v) is 2.35. The van der Waals surface area contributed by atoms with Crippen molar-refractivity contribution in [3.05, 3.63) is 17.7 Å². The second-order valence-corrected chi connectivity index (χ2v) is 5.81. The molecule has 0 radical (unpaired) electrons. The SMILES string of the molecule is CCN(Cc1cc2c(cc1N)OCCO2)CC(C)(C)O. The van der Waals surface area contributed by atoms with Crippen LogP contribution in [-0.4, -0.2) is 41.9 Å². The van der Waals surface area contributed by atoms with Crippen molar-refractivity contribution in [2.24, 2.45) is 0 Å². The van der Waals surface area contributed by atoms with Gasteiger partial charge in [-0.15, -0.1) is 0 Å². The molecule has 1 aliphatic heterocycles. The van der Waals surface area contributed by atoms with Crippen molar-refractivity contribution in [3.63, 3.8) is 0 Å². The number of nitrogens with zero attached hydrogens (tertiary/aromatic N) is 1. The fraction of sp³-hybridized carbons (Fsp3) is 0.600. The molecule has 2 rings (SSSR count). The van der Waals surface area contributed by atoms with E-state index in [-0.39, 0.29) is 0 Å². The Kier molecular flexibility index (Phi) is 4.40. The number of aliphatic hydroxyl groups is 1. The first-order valence-corrected chi connectivity index (χ1v) is 7.02. The first-order chi connectivity index (χ1) is 9.39. The van der Waals surface area contributed by atoms with Gasteiger partial charge in [-0.1, -0.05) is 6.92 Å². The van der Waals surface area contributed by atoms with Crippen LogP contribution in [0.1, 0.15) is 26.3 Å². The predicted molar refractivity (Wildman–Crippen MR) is 79.1 cm³/mol. The highest BCUT2D eigenvalue weighted by Crippen LogP contribution is 2.34. The lowest BCUT2D eigenvalue weighted by atomic mass is 10.1. The van der Waals surface area contributed by atoms with Gasteiger partial charge in [-0.3, -0.25) is 4.90 Å². The molecule has 1 heterocycles. The zero-order chi connectivity index (χ0) is 14.8. The van der Waals surface area contributed by atoms with E-state index in [0.29, 0.717) is 37.7 Å². The van der Waals surface area contributed by atoms with Crippen molar-refractivity contribution in [3.8, 4) is 11.5 Å². The van der Waals surface area contributed by atoms with Gasteiger partial charge >= 0.3 is 0 Å². The van der Waals surface area contributed by atoms with Crippen LogP contribution in [-0.2, 0) is 6.54 Å². The van der Waals surface area contributed by atoms with E-state index >= 15 is 0 Å². The summed E-state index contributed by atoms with van der Waals surface area (Å²) in [6, 6.07) is 3.76. The normalized spacial score (nSPS) is 14.7. The molecule has 3 N–H and O–H groups in total. The number of likely N-dealkylation sites (N-methyl/N-ethyl adjacent to an activating group) is 1. The van der Waals surface area contributed by atoms with E-state index in [4.69, 9.17) is 15.2 Å². The topological polar surface area (TPSA) is 68.0 Å². The molecular formula is C15H24N2O3. The van der Waals surface area contributed by atoms with Crippen molar-refractivity contribution < 1.29 is 14.6 Å². The molecule has 0 atom stereocenters. The van der Waals surface area contributed by atoms with Crippen molar-refractivity contribution >= 4 is 5.69 Å². The second kappa shape index (κ2) is 5.89. The van der Waals surface area contributed by atoms with E-state index < -0.39 is 5.60 Å². The second-order valence-electron chi connectivity index (χ2n) is 5.81. The molecule has 0 bridgehead atoms. The van der Waals surface area contributed by atoms with Crippen LogP contribution >= 0.6 is 0 Å². The van der Waals surface area contributed by atoms with Gasteiger partial charge < -0.3 is 20.3 Å². The molecule has 0 aromatic heterocycles. The van der Waals surface area contributed by atoms with Gasteiger partial charge in [-0.05, 0) is 32.0 Å². The lowest BCUT2D eigenvalue weighted by Crippen LogP contribution is -2.38. The van der Waals surface area contributed by atoms with Crippen LogP contribution in [0.25, 0.3) is 0 Å². The van der Waals surface area contributed by atoms with E-state index in [0.717, 1.165) is 17.9 Å². The molecule has 0 spiro atoms. The van der Waals surface area contributed by atoms with E-state index in [9.17, 15) is 5.11 Å². The summed E-state index contributed by atoms with van der Waals surface area (Å²) in [6.07, 6.45) is 0. The minimum absolute atomic E-state index is 0.561. The summed E-state index contributed by atoms with van der Waals surface area (Å²) >= 11 is 0. The molecular weight excluding hydrogens is 256 g/mol. The van der Waals surface area contributed by atoms with Gasteiger partial charge in [-0.2, -0.15) is 0 Å². The zero-order valence-corrected chi connectivity index (χ0v) is 12.5. The summed E-state index contributed by atoms with van der Waals surface area (Å²) < 4.78 is 11.1. The number of anilines is 1. The third-order valence-electron chi connectivity index (χ3n) is 3.26. The molecule has 112 valence electrons. The minimum atomic E-state index is -0.724. The fourth-order valence-electron chi connectivity index (χ4n) is 2.35. The molecule has 0 amide bonds. The first-order valence-electron chi connectivity index (χ1n) is 7.02. The van der Waals surface area contributed by atoms with Crippen molar-refractivity contribution in [1.82, 2.24) is 4.90 Å². The number of nitrogen functional groups attached to an aromatic ring is 1. The maximum Gasteiger partial charge on any atom is 0.163 e. The summed E-state index contributed by atoms with van der Waals surface area (Å²) in [7, 11) is 0. The standard InChI is InChI=1S/C15H24N2O3/c1-4-17(10-15(2,3)18)9-11-7-13-14(8-12(11)16)20-6-5-19-13/h7-8,18H,4-6,9-10,16H2,1-3H3. The molecule has 0 aliphatic carbocycles. The average Bonchev–Trinajstić information content (AvgIpc) is 2.37. The zero-order valence-electron chi connectivity index (χ0n) is 12.5. The Morgan fingerprint density at radius 3 is 2.40 bits per heavy atom. The van der Waals surface area contributed by atoms with E-state index in [1.165, 1.54) is 0 Å².